The van der Waals surface area contributed by atoms with Crippen molar-refractivity contribution < 1.29 is 22.6 Å². The van der Waals surface area contributed by atoms with Crippen molar-refractivity contribution in [1.29, 1.82) is 0 Å². The van der Waals surface area contributed by atoms with Gasteiger partial charge in [0.15, 0.2) is 11.6 Å². The van der Waals surface area contributed by atoms with Gasteiger partial charge in [-0.15, -0.1) is 0 Å². The number of aryl methyl sites for hydroxylation is 1. The van der Waals surface area contributed by atoms with Crippen molar-refractivity contribution in [3.63, 3.8) is 0 Å². The molecule has 0 saturated heterocycles. The second kappa shape index (κ2) is 8.66. The second-order valence-electron chi connectivity index (χ2n) is 7.95. The summed E-state index contributed by atoms with van der Waals surface area (Å²) >= 11 is 0. The molecule has 1 aliphatic carbocycles. The molecular formula is C26H25F3O2. The molecule has 1 atom stereocenters. The number of para-hydroxylation sites is 1. The van der Waals surface area contributed by atoms with Crippen LogP contribution < -0.4 is 9.47 Å². The molecule has 0 N–H and O–H groups in total. The standard InChI is InChI=1S/C26H25F3O2/c1-2-30-21-13-11-20(12-14-21)25(18-26(25,28)29)16-6-7-19-10-15-23(27)24(17-19)31-22-8-4-3-5-9-22/h3-5,8-15,17H,2,6-7,16,18H2,1H3. The monoisotopic (exact) mass is 426 g/mol. The largest absolute Gasteiger partial charge is 0.494 e. The summed E-state index contributed by atoms with van der Waals surface area (Å²) < 4.78 is 53.9. The van der Waals surface area contributed by atoms with E-state index in [-0.39, 0.29) is 12.2 Å². The first kappa shape index (κ1) is 21.3. The van der Waals surface area contributed by atoms with Crippen LogP contribution in [0.5, 0.6) is 17.2 Å². The first-order valence-electron chi connectivity index (χ1n) is 10.6. The molecule has 0 heterocycles. The van der Waals surface area contributed by atoms with E-state index in [0.29, 0.717) is 42.9 Å². The minimum atomic E-state index is -2.70. The number of hydrogen-bond donors (Lipinski definition) is 0. The van der Waals surface area contributed by atoms with Gasteiger partial charge in [0.25, 0.3) is 5.92 Å². The highest BCUT2D eigenvalue weighted by Crippen LogP contribution is 2.64. The summed E-state index contributed by atoms with van der Waals surface area (Å²) in [4.78, 5) is 0. The highest BCUT2D eigenvalue weighted by Gasteiger charge is 2.70. The quantitative estimate of drug-likeness (QED) is 0.357. The third-order valence-corrected chi connectivity index (χ3v) is 5.85. The van der Waals surface area contributed by atoms with Crippen molar-refractivity contribution in [3.05, 3.63) is 89.7 Å². The van der Waals surface area contributed by atoms with Crippen LogP contribution in [0.3, 0.4) is 0 Å². The molecule has 1 fully saturated rings. The third kappa shape index (κ3) is 4.55. The maximum absolute atomic E-state index is 14.4. The lowest BCUT2D eigenvalue weighted by molar-refractivity contribution is 0.0846. The van der Waals surface area contributed by atoms with Crippen LogP contribution in [-0.4, -0.2) is 12.5 Å². The van der Waals surface area contributed by atoms with E-state index in [0.717, 1.165) is 5.56 Å². The molecule has 3 aromatic rings. The van der Waals surface area contributed by atoms with Crippen LogP contribution in [0.2, 0.25) is 0 Å². The van der Waals surface area contributed by atoms with Crippen molar-refractivity contribution in [3.8, 4) is 17.2 Å². The molecule has 0 radical (unpaired) electrons. The molecule has 0 aromatic heterocycles. The van der Waals surface area contributed by atoms with E-state index < -0.39 is 17.2 Å². The maximum Gasteiger partial charge on any atom is 0.258 e. The summed E-state index contributed by atoms with van der Waals surface area (Å²) in [5.74, 6) is -1.79. The zero-order valence-electron chi connectivity index (χ0n) is 17.4. The highest BCUT2D eigenvalue weighted by atomic mass is 19.3. The van der Waals surface area contributed by atoms with Crippen LogP contribution in [0.15, 0.2) is 72.8 Å². The fraction of sp³-hybridized carbons (Fsp3) is 0.308. The Labute approximate surface area is 180 Å². The minimum Gasteiger partial charge on any atom is -0.494 e. The molecule has 0 aliphatic heterocycles. The van der Waals surface area contributed by atoms with Crippen molar-refractivity contribution in [2.75, 3.05) is 6.61 Å². The van der Waals surface area contributed by atoms with Crippen LogP contribution in [0.4, 0.5) is 13.2 Å². The molecule has 162 valence electrons. The molecule has 3 aromatic carbocycles. The summed E-state index contributed by atoms with van der Waals surface area (Å²) in [5, 5.41) is 0. The van der Waals surface area contributed by atoms with Gasteiger partial charge in [0, 0.05) is 6.42 Å². The second-order valence-corrected chi connectivity index (χ2v) is 7.95. The number of halogens is 3. The lowest BCUT2D eigenvalue weighted by Gasteiger charge is -2.18. The van der Waals surface area contributed by atoms with Crippen molar-refractivity contribution in [2.24, 2.45) is 0 Å². The average molecular weight is 426 g/mol. The first-order chi connectivity index (χ1) is 14.9. The van der Waals surface area contributed by atoms with E-state index in [2.05, 4.69) is 0 Å². The predicted molar refractivity (Wildman–Crippen MR) is 115 cm³/mol. The molecule has 2 nitrogen and oxygen atoms in total. The SMILES string of the molecule is CCOc1ccc(C2(CCCc3ccc(F)c(Oc4ccccc4)c3)CC2(F)F)cc1. The van der Waals surface area contributed by atoms with E-state index in [1.165, 1.54) is 6.07 Å². The van der Waals surface area contributed by atoms with Crippen LogP contribution in [-0.2, 0) is 11.8 Å². The molecule has 0 spiro atoms. The number of alkyl halides is 2. The minimum absolute atomic E-state index is 0.139. The van der Waals surface area contributed by atoms with Gasteiger partial charge < -0.3 is 9.47 Å². The van der Waals surface area contributed by atoms with Gasteiger partial charge in [0.05, 0.1) is 12.0 Å². The van der Waals surface area contributed by atoms with Gasteiger partial charge in [0.2, 0.25) is 0 Å². The number of ether oxygens (including phenoxy) is 2. The number of benzene rings is 3. The fourth-order valence-corrected chi connectivity index (χ4v) is 4.09. The van der Waals surface area contributed by atoms with E-state index in [4.69, 9.17) is 9.47 Å². The van der Waals surface area contributed by atoms with E-state index in [1.807, 2.05) is 25.1 Å². The van der Waals surface area contributed by atoms with Gasteiger partial charge in [-0.2, -0.15) is 0 Å². The molecule has 1 saturated carbocycles. The normalized spacial score (nSPS) is 19.1. The Morgan fingerprint density at radius 3 is 2.26 bits per heavy atom. The Kier molecular flexibility index (Phi) is 5.94. The lowest BCUT2D eigenvalue weighted by Crippen LogP contribution is -2.17. The Hall–Kier alpha value is -2.95. The predicted octanol–water partition coefficient (Wildman–Crippen LogP) is 7.32. The van der Waals surface area contributed by atoms with Crippen molar-refractivity contribution in [2.45, 2.75) is 43.9 Å². The van der Waals surface area contributed by atoms with E-state index >= 15 is 0 Å². The average Bonchev–Trinajstić information content (AvgIpc) is 3.33. The summed E-state index contributed by atoms with van der Waals surface area (Å²) in [6, 6.07) is 20.7. The summed E-state index contributed by atoms with van der Waals surface area (Å²) in [6.07, 6.45) is 1.36. The summed E-state index contributed by atoms with van der Waals surface area (Å²) in [6.45, 7) is 2.42. The van der Waals surface area contributed by atoms with Crippen LogP contribution in [0.1, 0.15) is 37.3 Å². The van der Waals surface area contributed by atoms with Gasteiger partial charge in [-0.3, -0.25) is 0 Å². The Morgan fingerprint density at radius 1 is 0.903 bits per heavy atom. The van der Waals surface area contributed by atoms with Gasteiger partial charge in [-0.05, 0) is 73.7 Å². The summed E-state index contributed by atoms with van der Waals surface area (Å²) in [7, 11) is 0. The van der Waals surface area contributed by atoms with E-state index in [1.54, 1.807) is 48.5 Å². The van der Waals surface area contributed by atoms with Gasteiger partial charge >= 0.3 is 0 Å². The first-order valence-corrected chi connectivity index (χ1v) is 10.6. The molecule has 1 unspecified atom stereocenters. The molecule has 0 amide bonds. The third-order valence-electron chi connectivity index (χ3n) is 5.85. The van der Waals surface area contributed by atoms with Gasteiger partial charge in [-0.1, -0.05) is 36.4 Å². The van der Waals surface area contributed by atoms with Crippen molar-refractivity contribution in [1.82, 2.24) is 0 Å². The molecule has 1 aliphatic rings. The topological polar surface area (TPSA) is 18.5 Å². The van der Waals surface area contributed by atoms with Crippen LogP contribution >= 0.6 is 0 Å². The maximum atomic E-state index is 14.4. The highest BCUT2D eigenvalue weighted by molar-refractivity contribution is 5.41. The zero-order chi connectivity index (χ0) is 21.9. The fourth-order valence-electron chi connectivity index (χ4n) is 4.09. The van der Waals surface area contributed by atoms with Crippen molar-refractivity contribution >= 4 is 0 Å². The Bertz CT molecular complexity index is 1020. The zero-order valence-corrected chi connectivity index (χ0v) is 17.4. The van der Waals surface area contributed by atoms with Crippen LogP contribution in [0, 0.1) is 5.82 Å². The van der Waals surface area contributed by atoms with Crippen LogP contribution in [0.25, 0.3) is 0 Å². The lowest BCUT2D eigenvalue weighted by atomic mass is 9.88. The van der Waals surface area contributed by atoms with Gasteiger partial charge in [0.1, 0.15) is 11.5 Å². The van der Waals surface area contributed by atoms with E-state index in [9.17, 15) is 13.2 Å². The van der Waals surface area contributed by atoms with Gasteiger partial charge in [-0.25, -0.2) is 13.2 Å². The molecule has 4 rings (SSSR count). The molecule has 5 heteroatoms. The number of hydrogen-bond acceptors (Lipinski definition) is 2. The summed E-state index contributed by atoms with van der Waals surface area (Å²) in [5.41, 5.74) is 0.382. The molecule has 31 heavy (non-hydrogen) atoms. The number of rotatable bonds is 9. The molecular weight excluding hydrogens is 401 g/mol. The smallest absolute Gasteiger partial charge is 0.258 e. The Morgan fingerprint density at radius 2 is 1.61 bits per heavy atom. The molecule has 0 bridgehead atoms. The Balaban J connectivity index is 1.42.